The average Bonchev–Trinajstić information content (AvgIpc) is 2.60. The van der Waals surface area contributed by atoms with E-state index in [1.165, 1.54) is 6.20 Å². The van der Waals surface area contributed by atoms with E-state index in [2.05, 4.69) is 22.2 Å². The summed E-state index contributed by atoms with van der Waals surface area (Å²) in [6.07, 6.45) is 3.17. The average molecular weight is 344 g/mol. The number of hydrogen-bond acceptors (Lipinski definition) is 6. The summed E-state index contributed by atoms with van der Waals surface area (Å²) in [7, 11) is 3.96. The molecule has 0 amide bonds. The fourth-order valence-electron chi connectivity index (χ4n) is 2.13. The minimum Gasteiger partial charge on any atom is -0.477 e. The van der Waals surface area contributed by atoms with Gasteiger partial charge in [0.05, 0.1) is 12.8 Å². The van der Waals surface area contributed by atoms with E-state index in [9.17, 15) is 9.90 Å². The number of benzene rings is 1. The van der Waals surface area contributed by atoms with Crippen LogP contribution in [-0.4, -0.2) is 41.7 Å². The zero-order chi connectivity index (χ0) is 18.2. The van der Waals surface area contributed by atoms with Crippen LogP contribution >= 0.6 is 0 Å². The van der Waals surface area contributed by atoms with Crippen LogP contribution in [-0.2, 0) is 6.54 Å². The third kappa shape index (κ3) is 5.34. The highest BCUT2D eigenvalue weighted by atomic mass is 16.5. The second-order valence-corrected chi connectivity index (χ2v) is 5.84. The van der Waals surface area contributed by atoms with E-state index in [-0.39, 0.29) is 17.4 Å². The lowest BCUT2D eigenvalue weighted by atomic mass is 10.2. The molecule has 1 aromatic heterocycles. The summed E-state index contributed by atoms with van der Waals surface area (Å²) >= 11 is 0. The van der Waals surface area contributed by atoms with Crippen LogP contribution in [0, 0.1) is 0 Å². The molecule has 1 aromatic carbocycles. The smallest absolute Gasteiger partial charge is 0.341 e. The number of nitrogens with zero attached hydrogens (tertiary/aromatic N) is 3. The number of aromatic carboxylic acids is 1. The summed E-state index contributed by atoms with van der Waals surface area (Å²) in [5, 5.41) is 12.4. The third-order valence-corrected chi connectivity index (χ3v) is 3.64. The third-order valence-electron chi connectivity index (χ3n) is 3.64. The van der Waals surface area contributed by atoms with Crippen molar-refractivity contribution in [2.24, 2.45) is 0 Å². The molecule has 0 aliphatic heterocycles. The van der Waals surface area contributed by atoms with Crippen LogP contribution in [0.5, 0.6) is 6.01 Å². The van der Waals surface area contributed by atoms with Crippen LogP contribution in [0.15, 0.2) is 30.5 Å². The first kappa shape index (κ1) is 18.5. The molecule has 7 nitrogen and oxygen atoms in total. The summed E-state index contributed by atoms with van der Waals surface area (Å²) in [6.45, 7) is 3.03. The number of ether oxygens (including phenoxy) is 1. The predicted octanol–water partition coefficient (Wildman–Crippen LogP) is 3.03. The van der Waals surface area contributed by atoms with E-state index in [1.54, 1.807) is 0 Å². The molecule has 0 aliphatic carbocycles. The highest BCUT2D eigenvalue weighted by Gasteiger charge is 2.14. The Hall–Kier alpha value is -2.83. The number of nitrogens with one attached hydrogen (secondary N) is 1. The maximum Gasteiger partial charge on any atom is 0.341 e. The number of carboxylic acids is 1. The lowest BCUT2D eigenvalue weighted by Crippen LogP contribution is -2.11. The zero-order valence-electron chi connectivity index (χ0n) is 14.8. The number of carbonyl (C=O) groups is 1. The van der Waals surface area contributed by atoms with E-state index in [4.69, 9.17) is 4.74 Å². The lowest BCUT2D eigenvalue weighted by molar-refractivity contribution is 0.0697. The molecule has 0 bridgehead atoms. The number of hydrogen-bond donors (Lipinski definition) is 2. The van der Waals surface area contributed by atoms with Gasteiger partial charge in [-0.1, -0.05) is 25.5 Å². The number of aromatic nitrogens is 2. The maximum absolute atomic E-state index is 11.4. The quantitative estimate of drug-likeness (QED) is 0.676. The monoisotopic (exact) mass is 344 g/mol. The van der Waals surface area contributed by atoms with Gasteiger partial charge in [-0.15, -0.1) is 0 Å². The summed E-state index contributed by atoms with van der Waals surface area (Å²) in [6, 6.07) is 8.18. The van der Waals surface area contributed by atoms with Gasteiger partial charge in [0.15, 0.2) is 0 Å². The molecule has 0 radical (unpaired) electrons. The molecule has 0 aliphatic rings. The van der Waals surface area contributed by atoms with Crippen LogP contribution in [0.25, 0.3) is 0 Å². The van der Waals surface area contributed by atoms with Crippen molar-refractivity contribution in [3.05, 3.63) is 41.6 Å². The Labute approximate surface area is 147 Å². The van der Waals surface area contributed by atoms with Gasteiger partial charge < -0.3 is 20.1 Å². The molecule has 0 atom stereocenters. The summed E-state index contributed by atoms with van der Waals surface area (Å²) in [5.41, 5.74) is 2.14. The van der Waals surface area contributed by atoms with E-state index >= 15 is 0 Å². The Kier molecular flexibility index (Phi) is 6.56. The number of carboxylic acid groups (broad SMARTS) is 1. The molecule has 2 aromatic rings. The summed E-state index contributed by atoms with van der Waals surface area (Å²) in [5.74, 6) is -0.823. The first-order valence-corrected chi connectivity index (χ1v) is 8.24. The predicted molar refractivity (Wildman–Crippen MR) is 97.5 cm³/mol. The van der Waals surface area contributed by atoms with Gasteiger partial charge in [0.1, 0.15) is 11.4 Å². The van der Waals surface area contributed by atoms with Crippen molar-refractivity contribution in [2.75, 3.05) is 30.9 Å². The van der Waals surface area contributed by atoms with Gasteiger partial charge in [-0.2, -0.15) is 4.98 Å². The lowest BCUT2D eigenvalue weighted by Gasteiger charge is -2.13. The fourth-order valence-corrected chi connectivity index (χ4v) is 2.13. The van der Waals surface area contributed by atoms with Crippen LogP contribution in [0.4, 0.5) is 11.5 Å². The zero-order valence-corrected chi connectivity index (χ0v) is 14.8. The molecule has 0 saturated heterocycles. The second kappa shape index (κ2) is 8.86. The van der Waals surface area contributed by atoms with Crippen molar-refractivity contribution in [2.45, 2.75) is 26.3 Å². The molecule has 1 heterocycles. The molecule has 134 valence electrons. The Morgan fingerprint density at radius 2 is 2.00 bits per heavy atom. The summed E-state index contributed by atoms with van der Waals surface area (Å²) < 4.78 is 5.46. The van der Waals surface area contributed by atoms with E-state index < -0.39 is 5.97 Å². The van der Waals surface area contributed by atoms with E-state index in [1.807, 2.05) is 43.3 Å². The number of unbranched alkanes of at least 4 members (excludes halogenated alkanes) is 1. The van der Waals surface area contributed by atoms with Crippen molar-refractivity contribution in [3.63, 3.8) is 0 Å². The van der Waals surface area contributed by atoms with E-state index in [0.29, 0.717) is 13.2 Å². The van der Waals surface area contributed by atoms with E-state index in [0.717, 1.165) is 24.1 Å². The molecule has 0 fully saturated rings. The minimum absolute atomic E-state index is 0.0211. The Balaban J connectivity index is 2.09. The van der Waals surface area contributed by atoms with Crippen molar-refractivity contribution in [3.8, 4) is 6.01 Å². The van der Waals surface area contributed by atoms with Crippen molar-refractivity contribution in [1.82, 2.24) is 9.97 Å². The standard InChI is InChI=1S/C18H24N4O3/c1-4-5-10-25-18-20-12-15(17(23)24)16(21-18)19-11-13-6-8-14(9-7-13)22(2)3/h6-9,12H,4-5,10-11H2,1-3H3,(H,23,24)(H,19,20,21). The molecular formula is C18H24N4O3. The molecule has 2 rings (SSSR count). The SMILES string of the molecule is CCCCOc1ncc(C(=O)O)c(NCc2ccc(N(C)C)cc2)n1. The highest BCUT2D eigenvalue weighted by Crippen LogP contribution is 2.18. The first-order chi connectivity index (χ1) is 12.0. The van der Waals surface area contributed by atoms with Gasteiger partial charge in [0.25, 0.3) is 0 Å². The van der Waals surface area contributed by atoms with Crippen LogP contribution in [0.1, 0.15) is 35.7 Å². The summed E-state index contributed by atoms with van der Waals surface area (Å²) in [4.78, 5) is 21.5. The Bertz CT molecular complexity index is 702. The topological polar surface area (TPSA) is 87.6 Å². The highest BCUT2D eigenvalue weighted by molar-refractivity contribution is 5.92. The minimum atomic E-state index is -1.08. The van der Waals surface area contributed by atoms with Gasteiger partial charge in [-0.3, -0.25) is 0 Å². The largest absolute Gasteiger partial charge is 0.477 e. The molecule has 0 unspecified atom stereocenters. The second-order valence-electron chi connectivity index (χ2n) is 5.84. The maximum atomic E-state index is 11.4. The van der Waals surface area contributed by atoms with Crippen molar-refractivity contribution >= 4 is 17.5 Å². The van der Waals surface area contributed by atoms with Crippen LogP contribution in [0.3, 0.4) is 0 Å². The van der Waals surface area contributed by atoms with Crippen molar-refractivity contribution in [1.29, 1.82) is 0 Å². The number of anilines is 2. The van der Waals surface area contributed by atoms with Crippen molar-refractivity contribution < 1.29 is 14.6 Å². The van der Waals surface area contributed by atoms with Crippen LogP contribution in [0.2, 0.25) is 0 Å². The molecule has 7 heteroatoms. The Morgan fingerprint density at radius 1 is 1.28 bits per heavy atom. The van der Waals surface area contributed by atoms with Gasteiger partial charge in [-0.25, -0.2) is 9.78 Å². The van der Waals surface area contributed by atoms with Gasteiger partial charge >= 0.3 is 12.0 Å². The van der Waals surface area contributed by atoms with Gasteiger partial charge in [0.2, 0.25) is 0 Å². The molecule has 0 saturated carbocycles. The fraction of sp³-hybridized carbons (Fsp3) is 0.389. The first-order valence-electron chi connectivity index (χ1n) is 8.24. The number of rotatable bonds is 9. The molecule has 25 heavy (non-hydrogen) atoms. The molecule has 2 N–H and O–H groups in total. The van der Waals surface area contributed by atoms with Gasteiger partial charge in [-0.05, 0) is 24.1 Å². The normalized spacial score (nSPS) is 10.4. The molecular weight excluding hydrogens is 320 g/mol. The van der Waals surface area contributed by atoms with Crippen LogP contribution < -0.4 is 15.0 Å². The molecule has 0 spiro atoms. The Morgan fingerprint density at radius 3 is 2.60 bits per heavy atom. The van der Waals surface area contributed by atoms with Gasteiger partial charge in [0, 0.05) is 26.3 Å².